The molecule has 112 valence electrons. The van der Waals surface area contributed by atoms with E-state index in [1.54, 1.807) is 0 Å². The number of aromatic amines is 1. The first-order valence-corrected chi connectivity index (χ1v) is 7.21. The average molecular weight is 300 g/mol. The number of benzene rings is 1. The van der Waals surface area contributed by atoms with Crippen molar-refractivity contribution < 1.29 is 8.78 Å². The zero-order valence-corrected chi connectivity index (χ0v) is 11.8. The number of rotatable bonds is 2. The highest BCUT2D eigenvalue weighted by atomic mass is 19.1. The summed E-state index contributed by atoms with van der Waals surface area (Å²) in [5.74, 6) is -0.293. The smallest absolute Gasteiger partial charge is 0.142 e. The van der Waals surface area contributed by atoms with Gasteiger partial charge in [-0.05, 0) is 24.6 Å². The maximum absolute atomic E-state index is 13.9. The van der Waals surface area contributed by atoms with E-state index in [0.29, 0.717) is 13.0 Å². The lowest BCUT2D eigenvalue weighted by Crippen LogP contribution is -2.21. The molecule has 0 saturated carbocycles. The van der Waals surface area contributed by atoms with Crippen molar-refractivity contribution >= 4 is 16.9 Å². The summed E-state index contributed by atoms with van der Waals surface area (Å²) in [6, 6.07) is 5.95. The van der Waals surface area contributed by atoms with Gasteiger partial charge in [-0.1, -0.05) is 6.07 Å². The summed E-state index contributed by atoms with van der Waals surface area (Å²) in [7, 11) is 0. The molecule has 1 aliphatic rings. The Kier molecular flexibility index (Phi) is 3.03. The number of halogens is 2. The van der Waals surface area contributed by atoms with Crippen molar-refractivity contribution in [1.29, 1.82) is 0 Å². The van der Waals surface area contributed by atoms with Crippen LogP contribution in [0, 0.1) is 11.6 Å². The molecule has 1 saturated heterocycles. The fourth-order valence-electron chi connectivity index (χ4n) is 3.20. The van der Waals surface area contributed by atoms with Gasteiger partial charge in [0.25, 0.3) is 0 Å². The Morgan fingerprint density at radius 1 is 1.14 bits per heavy atom. The number of nitrogens with one attached hydrogen (secondary N) is 1. The fraction of sp³-hybridized carbons (Fsp3) is 0.250. The summed E-state index contributed by atoms with van der Waals surface area (Å²) in [5, 5.41) is 0.928. The van der Waals surface area contributed by atoms with Crippen LogP contribution in [-0.2, 0) is 0 Å². The normalized spacial score (nSPS) is 18.3. The lowest BCUT2D eigenvalue weighted by molar-refractivity contribution is 0.533. The van der Waals surface area contributed by atoms with Crippen LogP contribution in [0.1, 0.15) is 17.9 Å². The molecule has 1 aliphatic heterocycles. The minimum Gasteiger partial charge on any atom is -0.355 e. The van der Waals surface area contributed by atoms with Crippen molar-refractivity contribution in [3.63, 3.8) is 0 Å². The van der Waals surface area contributed by atoms with Gasteiger partial charge in [-0.3, -0.25) is 0 Å². The molecule has 0 spiro atoms. The Balaban J connectivity index is 1.67. The molecule has 0 aliphatic carbocycles. The zero-order valence-electron chi connectivity index (χ0n) is 11.8. The number of fused-ring (bicyclic) bond motifs is 1. The third kappa shape index (κ3) is 2.03. The summed E-state index contributed by atoms with van der Waals surface area (Å²) in [6.07, 6.45) is 4.02. The van der Waals surface area contributed by atoms with Crippen molar-refractivity contribution in [2.24, 2.45) is 0 Å². The number of H-pyrrole nitrogens is 1. The van der Waals surface area contributed by atoms with E-state index in [9.17, 15) is 8.78 Å². The first kappa shape index (κ1) is 13.2. The summed E-state index contributed by atoms with van der Waals surface area (Å²) in [4.78, 5) is 13.6. The van der Waals surface area contributed by atoms with E-state index in [1.165, 1.54) is 24.5 Å². The molecule has 0 bridgehead atoms. The van der Waals surface area contributed by atoms with Gasteiger partial charge >= 0.3 is 0 Å². The summed E-state index contributed by atoms with van der Waals surface area (Å²) < 4.78 is 27.9. The number of hydrogen-bond donors (Lipinski definition) is 1. The third-order valence-corrected chi connectivity index (χ3v) is 4.23. The van der Waals surface area contributed by atoms with Gasteiger partial charge in [0.1, 0.15) is 29.4 Å². The summed E-state index contributed by atoms with van der Waals surface area (Å²) >= 11 is 0. The molecule has 6 heteroatoms. The van der Waals surface area contributed by atoms with Crippen molar-refractivity contribution in [2.45, 2.75) is 12.3 Å². The van der Waals surface area contributed by atoms with Crippen molar-refractivity contribution in [2.75, 3.05) is 18.0 Å². The van der Waals surface area contributed by atoms with Crippen molar-refractivity contribution in [3.8, 4) is 0 Å². The molecule has 4 rings (SSSR count). The van der Waals surface area contributed by atoms with Crippen LogP contribution in [-0.4, -0.2) is 28.0 Å². The molecule has 0 amide bonds. The summed E-state index contributed by atoms with van der Waals surface area (Å²) in [5.41, 5.74) is 0.954. The van der Waals surface area contributed by atoms with Gasteiger partial charge in [0, 0.05) is 30.8 Å². The van der Waals surface area contributed by atoms with Gasteiger partial charge in [-0.2, -0.15) is 0 Å². The Bertz CT molecular complexity index is 810. The predicted octanol–water partition coefficient (Wildman–Crippen LogP) is 3.23. The average Bonchev–Trinajstić information content (AvgIpc) is 3.15. The van der Waals surface area contributed by atoms with Crippen molar-refractivity contribution in [1.82, 2.24) is 15.0 Å². The SMILES string of the molecule is Fc1cccc(F)c1C1CCN(c2ncnc3[nH]ccc23)C1. The molecule has 4 nitrogen and oxygen atoms in total. The highest BCUT2D eigenvalue weighted by molar-refractivity contribution is 5.87. The Labute approximate surface area is 125 Å². The molecule has 0 radical (unpaired) electrons. The monoisotopic (exact) mass is 300 g/mol. The van der Waals surface area contributed by atoms with E-state index in [1.807, 2.05) is 12.3 Å². The van der Waals surface area contributed by atoms with Crippen LogP contribution < -0.4 is 4.90 Å². The zero-order chi connectivity index (χ0) is 15.1. The second-order valence-electron chi connectivity index (χ2n) is 5.50. The topological polar surface area (TPSA) is 44.8 Å². The van der Waals surface area contributed by atoms with Crippen LogP contribution in [0.3, 0.4) is 0 Å². The van der Waals surface area contributed by atoms with Gasteiger partial charge in [-0.15, -0.1) is 0 Å². The molecule has 1 N–H and O–H groups in total. The summed E-state index contributed by atoms with van der Waals surface area (Å²) in [6.45, 7) is 1.27. The number of hydrogen-bond acceptors (Lipinski definition) is 3. The van der Waals surface area contributed by atoms with E-state index < -0.39 is 11.6 Å². The molecule has 1 unspecified atom stereocenters. The second-order valence-corrected chi connectivity index (χ2v) is 5.50. The first-order chi connectivity index (χ1) is 10.7. The van der Waals surface area contributed by atoms with Crippen LogP contribution in [0.4, 0.5) is 14.6 Å². The van der Waals surface area contributed by atoms with E-state index in [4.69, 9.17) is 0 Å². The third-order valence-electron chi connectivity index (χ3n) is 4.23. The van der Waals surface area contributed by atoms with Crippen LogP contribution in [0.15, 0.2) is 36.8 Å². The maximum atomic E-state index is 13.9. The van der Waals surface area contributed by atoms with Gasteiger partial charge in [0.2, 0.25) is 0 Å². The molecule has 1 atom stereocenters. The van der Waals surface area contributed by atoms with Gasteiger partial charge in [-0.25, -0.2) is 18.7 Å². The van der Waals surface area contributed by atoms with Crippen LogP contribution in [0.5, 0.6) is 0 Å². The molecule has 1 aromatic carbocycles. The van der Waals surface area contributed by atoms with E-state index in [2.05, 4.69) is 19.9 Å². The Hall–Kier alpha value is -2.50. The minimum absolute atomic E-state index is 0.162. The maximum Gasteiger partial charge on any atom is 0.142 e. The highest BCUT2D eigenvalue weighted by Crippen LogP contribution is 2.34. The van der Waals surface area contributed by atoms with E-state index >= 15 is 0 Å². The lowest BCUT2D eigenvalue weighted by atomic mass is 9.97. The lowest BCUT2D eigenvalue weighted by Gasteiger charge is -2.18. The molecule has 22 heavy (non-hydrogen) atoms. The molecular weight excluding hydrogens is 286 g/mol. The van der Waals surface area contributed by atoms with Gasteiger partial charge in [0.05, 0.1) is 5.39 Å². The number of nitrogens with zero attached hydrogens (tertiary/aromatic N) is 3. The minimum atomic E-state index is -0.471. The molecule has 3 heterocycles. The Morgan fingerprint density at radius 3 is 2.77 bits per heavy atom. The van der Waals surface area contributed by atoms with Gasteiger partial charge in [0.15, 0.2) is 0 Å². The van der Waals surface area contributed by atoms with Crippen LogP contribution >= 0.6 is 0 Å². The number of anilines is 1. The fourth-order valence-corrected chi connectivity index (χ4v) is 3.20. The first-order valence-electron chi connectivity index (χ1n) is 7.21. The predicted molar refractivity (Wildman–Crippen MR) is 79.8 cm³/mol. The molecule has 3 aromatic rings. The standard InChI is InChI=1S/C16H14F2N4/c17-12-2-1-3-13(18)14(12)10-5-7-22(8-10)16-11-4-6-19-15(11)20-9-21-16/h1-4,6,9-10H,5,7-8H2,(H,19,20,21). The number of aromatic nitrogens is 3. The second kappa shape index (κ2) is 5.05. The highest BCUT2D eigenvalue weighted by Gasteiger charge is 2.29. The van der Waals surface area contributed by atoms with E-state index in [-0.39, 0.29) is 11.5 Å². The Morgan fingerprint density at radius 2 is 1.95 bits per heavy atom. The molecular formula is C16H14F2N4. The largest absolute Gasteiger partial charge is 0.355 e. The van der Waals surface area contributed by atoms with Gasteiger partial charge < -0.3 is 9.88 Å². The van der Waals surface area contributed by atoms with Crippen LogP contribution in [0.2, 0.25) is 0 Å². The van der Waals surface area contributed by atoms with E-state index in [0.717, 1.165) is 23.4 Å². The molecule has 2 aromatic heterocycles. The quantitative estimate of drug-likeness (QED) is 0.790. The molecule has 1 fully saturated rings. The van der Waals surface area contributed by atoms with Crippen molar-refractivity contribution in [3.05, 3.63) is 54.0 Å². The van der Waals surface area contributed by atoms with Crippen LogP contribution in [0.25, 0.3) is 11.0 Å².